The van der Waals surface area contributed by atoms with Gasteiger partial charge in [-0.05, 0) is 26.6 Å². The average Bonchev–Trinajstić information content (AvgIpc) is 2.33. The summed E-state index contributed by atoms with van der Waals surface area (Å²) in [6.07, 6.45) is 0.901. The van der Waals surface area contributed by atoms with Crippen molar-refractivity contribution in [2.24, 2.45) is 0 Å². The molecule has 1 aromatic carbocycles. The second-order valence-corrected chi connectivity index (χ2v) is 4.72. The quantitative estimate of drug-likeness (QED) is 0.563. The van der Waals surface area contributed by atoms with Crippen LogP contribution in [0.2, 0.25) is 0 Å². The van der Waals surface area contributed by atoms with E-state index in [1.807, 2.05) is 30.8 Å². The summed E-state index contributed by atoms with van der Waals surface area (Å²) in [5.74, 6) is -0.574. The van der Waals surface area contributed by atoms with Crippen molar-refractivity contribution < 1.29 is 9.31 Å². The Kier molecular flexibility index (Phi) is 5.69. The number of nitrogens with zero attached hydrogens (tertiary/aromatic N) is 3. The normalized spacial score (nSPS) is 10.8. The molecule has 5 nitrogen and oxygen atoms in total. The van der Waals surface area contributed by atoms with E-state index in [2.05, 4.69) is 0 Å². The van der Waals surface area contributed by atoms with Gasteiger partial charge in [0.05, 0.1) is 11.0 Å². The van der Waals surface area contributed by atoms with E-state index in [0.29, 0.717) is 12.2 Å². The molecule has 6 heteroatoms. The van der Waals surface area contributed by atoms with Gasteiger partial charge in [0.15, 0.2) is 0 Å². The maximum Gasteiger partial charge on any atom is 0.274 e. The minimum Gasteiger partial charge on any atom is -0.370 e. The summed E-state index contributed by atoms with van der Waals surface area (Å²) in [6, 6.07) is 3.71. The number of hydrogen-bond acceptors (Lipinski definition) is 4. The molecule has 0 aromatic heterocycles. The first-order valence-electron chi connectivity index (χ1n) is 6.28. The summed E-state index contributed by atoms with van der Waals surface area (Å²) in [4.78, 5) is 14.2. The SMILES string of the molecule is CCCN(CCN(C)C)c1cc(F)cc([N+](=O)[O-])c1. The van der Waals surface area contributed by atoms with E-state index >= 15 is 0 Å². The van der Waals surface area contributed by atoms with Crippen LogP contribution in [0.5, 0.6) is 0 Å². The van der Waals surface area contributed by atoms with Crippen LogP contribution < -0.4 is 4.90 Å². The van der Waals surface area contributed by atoms with Crippen LogP contribution in [0.4, 0.5) is 15.8 Å². The number of benzene rings is 1. The third-order valence-electron chi connectivity index (χ3n) is 2.75. The average molecular weight is 269 g/mol. The van der Waals surface area contributed by atoms with Crippen molar-refractivity contribution in [2.75, 3.05) is 38.6 Å². The number of rotatable bonds is 7. The van der Waals surface area contributed by atoms with Gasteiger partial charge in [0, 0.05) is 31.4 Å². The second-order valence-electron chi connectivity index (χ2n) is 4.72. The summed E-state index contributed by atoms with van der Waals surface area (Å²) in [7, 11) is 3.91. The molecule has 0 amide bonds. The van der Waals surface area contributed by atoms with E-state index in [4.69, 9.17) is 0 Å². The molecule has 0 fully saturated rings. The fourth-order valence-corrected chi connectivity index (χ4v) is 1.81. The molecule has 1 rings (SSSR count). The van der Waals surface area contributed by atoms with Crippen LogP contribution in [0.1, 0.15) is 13.3 Å². The largest absolute Gasteiger partial charge is 0.370 e. The van der Waals surface area contributed by atoms with Gasteiger partial charge in [-0.3, -0.25) is 10.1 Å². The molecule has 0 spiro atoms. The van der Waals surface area contributed by atoms with Crippen LogP contribution in [0.3, 0.4) is 0 Å². The minimum absolute atomic E-state index is 0.207. The van der Waals surface area contributed by atoms with Crippen molar-refractivity contribution >= 4 is 11.4 Å². The van der Waals surface area contributed by atoms with Crippen molar-refractivity contribution in [3.63, 3.8) is 0 Å². The van der Waals surface area contributed by atoms with Gasteiger partial charge in [0.25, 0.3) is 5.69 Å². The lowest BCUT2D eigenvalue weighted by atomic mass is 10.2. The zero-order valence-corrected chi connectivity index (χ0v) is 11.6. The Labute approximate surface area is 112 Å². The third kappa shape index (κ3) is 4.82. The Balaban J connectivity index is 2.97. The number of hydrogen-bond donors (Lipinski definition) is 0. The smallest absolute Gasteiger partial charge is 0.274 e. The zero-order valence-electron chi connectivity index (χ0n) is 11.6. The van der Waals surface area contributed by atoms with Crippen molar-refractivity contribution in [2.45, 2.75) is 13.3 Å². The molecule has 0 aliphatic carbocycles. The maximum absolute atomic E-state index is 13.4. The van der Waals surface area contributed by atoms with Gasteiger partial charge >= 0.3 is 0 Å². The van der Waals surface area contributed by atoms with Crippen molar-refractivity contribution in [3.8, 4) is 0 Å². The lowest BCUT2D eigenvalue weighted by Crippen LogP contribution is -2.32. The topological polar surface area (TPSA) is 49.6 Å². The van der Waals surface area contributed by atoms with E-state index < -0.39 is 10.7 Å². The molecule has 19 heavy (non-hydrogen) atoms. The van der Waals surface area contributed by atoms with Crippen molar-refractivity contribution in [3.05, 3.63) is 34.1 Å². The first-order chi connectivity index (χ1) is 8.93. The Morgan fingerprint density at radius 1 is 1.21 bits per heavy atom. The van der Waals surface area contributed by atoms with Crippen LogP contribution in [0.25, 0.3) is 0 Å². The van der Waals surface area contributed by atoms with Gasteiger partial charge in [-0.2, -0.15) is 0 Å². The number of anilines is 1. The first-order valence-corrected chi connectivity index (χ1v) is 6.28. The number of halogens is 1. The fraction of sp³-hybridized carbons (Fsp3) is 0.538. The predicted molar refractivity (Wildman–Crippen MR) is 74.1 cm³/mol. The molecule has 0 saturated heterocycles. The number of nitro benzene ring substituents is 1. The second kappa shape index (κ2) is 7.04. The van der Waals surface area contributed by atoms with Crippen molar-refractivity contribution in [1.29, 1.82) is 0 Å². The summed E-state index contributed by atoms with van der Waals surface area (Å²) in [5, 5.41) is 10.8. The van der Waals surface area contributed by atoms with E-state index in [-0.39, 0.29) is 5.69 Å². The molecule has 0 radical (unpaired) electrons. The van der Waals surface area contributed by atoms with Crippen LogP contribution in [0, 0.1) is 15.9 Å². The highest BCUT2D eigenvalue weighted by molar-refractivity contribution is 5.53. The highest BCUT2D eigenvalue weighted by Crippen LogP contribution is 2.23. The molecule has 0 atom stereocenters. The highest BCUT2D eigenvalue weighted by Gasteiger charge is 2.14. The fourth-order valence-electron chi connectivity index (χ4n) is 1.81. The van der Waals surface area contributed by atoms with Gasteiger partial charge in [-0.15, -0.1) is 0 Å². The summed E-state index contributed by atoms with van der Waals surface area (Å²) >= 11 is 0. The first kappa shape index (κ1) is 15.4. The Hall–Kier alpha value is -1.69. The van der Waals surface area contributed by atoms with E-state index in [0.717, 1.165) is 25.6 Å². The highest BCUT2D eigenvalue weighted by atomic mass is 19.1. The van der Waals surface area contributed by atoms with Crippen LogP contribution in [0.15, 0.2) is 18.2 Å². The maximum atomic E-state index is 13.4. The van der Waals surface area contributed by atoms with Gasteiger partial charge in [0.2, 0.25) is 0 Å². The molecule has 1 aromatic rings. The molecule has 0 heterocycles. The molecular weight excluding hydrogens is 249 g/mol. The molecular formula is C13H20FN3O2. The molecule has 0 saturated carbocycles. The molecule has 0 N–H and O–H groups in total. The van der Waals surface area contributed by atoms with E-state index in [9.17, 15) is 14.5 Å². The van der Waals surface area contributed by atoms with E-state index in [1.54, 1.807) is 0 Å². The minimum atomic E-state index is -0.574. The van der Waals surface area contributed by atoms with Crippen LogP contribution in [-0.2, 0) is 0 Å². The summed E-state index contributed by atoms with van der Waals surface area (Å²) in [5.41, 5.74) is 0.358. The van der Waals surface area contributed by atoms with Crippen molar-refractivity contribution in [1.82, 2.24) is 4.90 Å². The Morgan fingerprint density at radius 3 is 2.42 bits per heavy atom. The molecule has 0 aliphatic rings. The number of non-ortho nitro benzene ring substituents is 1. The molecule has 0 bridgehead atoms. The van der Waals surface area contributed by atoms with Gasteiger partial charge in [-0.1, -0.05) is 6.92 Å². The zero-order chi connectivity index (χ0) is 14.4. The number of likely N-dealkylation sites (N-methyl/N-ethyl adjacent to an activating group) is 1. The Morgan fingerprint density at radius 2 is 1.89 bits per heavy atom. The summed E-state index contributed by atoms with van der Waals surface area (Å²) < 4.78 is 13.4. The standard InChI is InChI=1S/C13H20FN3O2/c1-4-5-16(7-6-15(2)3)12-8-11(14)9-13(10-12)17(18)19/h8-10H,4-7H2,1-3H3. The van der Waals surface area contributed by atoms with Gasteiger partial charge < -0.3 is 9.80 Å². The monoisotopic (exact) mass is 269 g/mol. The van der Waals surface area contributed by atoms with Gasteiger partial charge in [-0.25, -0.2) is 4.39 Å². The van der Waals surface area contributed by atoms with Gasteiger partial charge in [0.1, 0.15) is 5.82 Å². The number of nitro groups is 1. The van der Waals surface area contributed by atoms with Crippen LogP contribution >= 0.6 is 0 Å². The third-order valence-corrected chi connectivity index (χ3v) is 2.75. The van der Waals surface area contributed by atoms with E-state index in [1.165, 1.54) is 12.1 Å². The molecule has 0 aliphatic heterocycles. The lowest BCUT2D eigenvalue weighted by Gasteiger charge is -2.25. The summed E-state index contributed by atoms with van der Waals surface area (Å²) in [6.45, 7) is 4.29. The predicted octanol–water partition coefficient (Wildman–Crippen LogP) is 2.51. The van der Waals surface area contributed by atoms with Crippen LogP contribution in [-0.4, -0.2) is 43.6 Å². The lowest BCUT2D eigenvalue weighted by molar-refractivity contribution is -0.385. The molecule has 106 valence electrons. The Bertz CT molecular complexity index is 438. The molecule has 0 unspecified atom stereocenters.